The van der Waals surface area contributed by atoms with Crippen LogP contribution in [0.1, 0.15) is 38.2 Å². The van der Waals surface area contributed by atoms with E-state index >= 15 is 0 Å². The fourth-order valence-corrected chi connectivity index (χ4v) is 5.84. The Bertz CT molecular complexity index is 953. The second-order valence-electron chi connectivity index (χ2n) is 9.85. The zero-order chi connectivity index (χ0) is 25.1. The minimum atomic E-state index is -0.119. The predicted octanol–water partition coefficient (Wildman–Crippen LogP) is 2.43. The van der Waals surface area contributed by atoms with Crippen molar-refractivity contribution in [1.82, 2.24) is 24.9 Å². The van der Waals surface area contributed by atoms with E-state index in [1.165, 1.54) is 0 Å². The number of hydrogen-bond donors (Lipinski definition) is 1. The third-order valence-corrected chi connectivity index (χ3v) is 8.38. The molecule has 35 heavy (non-hydrogen) atoms. The van der Waals surface area contributed by atoms with Crippen LogP contribution in [0.4, 0.5) is 0 Å². The van der Waals surface area contributed by atoms with E-state index < -0.39 is 0 Å². The van der Waals surface area contributed by atoms with E-state index in [9.17, 15) is 14.4 Å². The van der Waals surface area contributed by atoms with Crippen molar-refractivity contribution in [2.75, 3.05) is 46.4 Å². The Morgan fingerprint density at radius 1 is 1.11 bits per heavy atom. The number of amides is 3. The topological polar surface area (TPSA) is 76.2 Å². The molecule has 2 saturated heterocycles. The molecule has 4 rings (SSSR count). The normalized spacial score (nSPS) is 25.4. The monoisotopic (exact) mass is 523 g/mol. The van der Waals surface area contributed by atoms with Crippen molar-refractivity contribution in [3.05, 3.63) is 33.8 Å². The number of carbonyl (C=O) groups is 3. The van der Waals surface area contributed by atoms with Crippen molar-refractivity contribution < 1.29 is 14.4 Å². The van der Waals surface area contributed by atoms with Gasteiger partial charge in [0.1, 0.15) is 6.54 Å². The van der Waals surface area contributed by atoms with Crippen LogP contribution in [-0.4, -0.2) is 95.8 Å². The number of nitrogens with zero attached hydrogens (tertiary/aromatic N) is 4. The number of nitrogens with one attached hydrogen (secondary N) is 1. The van der Waals surface area contributed by atoms with Crippen molar-refractivity contribution in [1.29, 1.82) is 0 Å². The Morgan fingerprint density at radius 3 is 2.54 bits per heavy atom. The van der Waals surface area contributed by atoms with Gasteiger partial charge in [0.25, 0.3) is 0 Å². The van der Waals surface area contributed by atoms with Crippen LogP contribution >= 0.6 is 23.2 Å². The van der Waals surface area contributed by atoms with E-state index in [1.807, 2.05) is 17.9 Å². The molecule has 3 atom stereocenters. The lowest BCUT2D eigenvalue weighted by Gasteiger charge is -2.47. The Morgan fingerprint density at radius 2 is 1.86 bits per heavy atom. The van der Waals surface area contributed by atoms with Crippen LogP contribution in [0.5, 0.6) is 0 Å². The van der Waals surface area contributed by atoms with Crippen LogP contribution in [0.15, 0.2) is 18.2 Å². The summed E-state index contributed by atoms with van der Waals surface area (Å²) in [6.07, 6.45) is 3.34. The molecule has 1 aromatic rings. The molecule has 8 nitrogen and oxygen atoms in total. The number of benzene rings is 1. The first-order valence-corrected chi connectivity index (χ1v) is 13.2. The molecule has 2 aliphatic heterocycles. The molecule has 10 heteroatoms. The van der Waals surface area contributed by atoms with Crippen LogP contribution in [0.25, 0.3) is 0 Å². The van der Waals surface area contributed by atoms with Crippen molar-refractivity contribution in [2.24, 2.45) is 5.92 Å². The highest BCUT2D eigenvalue weighted by atomic mass is 35.5. The molecular formula is C25H35Cl2N5O3. The summed E-state index contributed by atoms with van der Waals surface area (Å²) >= 11 is 12.1. The number of carbonyl (C=O) groups excluding carboxylic acids is 3. The first kappa shape index (κ1) is 26.2. The number of piperazine rings is 1. The molecule has 3 fully saturated rings. The second-order valence-corrected chi connectivity index (χ2v) is 10.7. The molecule has 2 heterocycles. The van der Waals surface area contributed by atoms with E-state index in [0.717, 1.165) is 51.0 Å². The maximum Gasteiger partial charge on any atom is 0.242 e. The summed E-state index contributed by atoms with van der Waals surface area (Å²) in [6, 6.07) is 5.83. The molecule has 3 unspecified atom stereocenters. The van der Waals surface area contributed by atoms with Gasteiger partial charge in [-0.05, 0) is 37.0 Å². The highest BCUT2D eigenvalue weighted by Gasteiger charge is 2.43. The number of halogens is 2. The van der Waals surface area contributed by atoms with E-state index in [-0.39, 0.29) is 36.2 Å². The van der Waals surface area contributed by atoms with Gasteiger partial charge in [-0.2, -0.15) is 0 Å². The van der Waals surface area contributed by atoms with Crippen molar-refractivity contribution in [3.8, 4) is 0 Å². The van der Waals surface area contributed by atoms with Gasteiger partial charge in [0.15, 0.2) is 0 Å². The molecule has 0 radical (unpaired) electrons. The van der Waals surface area contributed by atoms with E-state index in [1.54, 1.807) is 29.0 Å². The maximum absolute atomic E-state index is 13.4. The van der Waals surface area contributed by atoms with Crippen molar-refractivity contribution in [3.63, 3.8) is 0 Å². The van der Waals surface area contributed by atoms with Gasteiger partial charge >= 0.3 is 0 Å². The standard InChI is InChI=1S/C25H35Cl2N5O3/c1-3-23(33)31-10-8-30(9-11-31)18-5-7-22-19(13-18)25(35)32(16-28-22)15-24(34)29(2)14-17-4-6-20(26)21(27)12-17/h4,6,12,18-19,22,28H,3,5,7-11,13-16H2,1-2H3. The zero-order valence-electron chi connectivity index (χ0n) is 20.5. The average molecular weight is 524 g/mol. The molecule has 1 N–H and O–H groups in total. The van der Waals surface area contributed by atoms with Gasteiger partial charge in [0.2, 0.25) is 17.7 Å². The minimum absolute atomic E-state index is 0.0509. The maximum atomic E-state index is 13.4. The Balaban J connectivity index is 1.31. The Hall–Kier alpha value is -1.87. The van der Waals surface area contributed by atoms with Crippen LogP contribution in [0.2, 0.25) is 10.0 Å². The van der Waals surface area contributed by atoms with Gasteiger partial charge in [-0.1, -0.05) is 36.2 Å². The van der Waals surface area contributed by atoms with Gasteiger partial charge in [-0.25, -0.2) is 0 Å². The summed E-state index contributed by atoms with van der Waals surface area (Å²) in [6.45, 7) is 5.98. The fourth-order valence-electron chi connectivity index (χ4n) is 5.52. The van der Waals surface area contributed by atoms with E-state index in [0.29, 0.717) is 35.7 Å². The number of rotatable bonds is 6. The number of hydrogen-bond acceptors (Lipinski definition) is 5. The Kier molecular flexibility index (Phi) is 8.58. The van der Waals surface area contributed by atoms with Gasteiger partial charge < -0.3 is 14.7 Å². The molecule has 3 amide bonds. The fraction of sp³-hybridized carbons (Fsp3) is 0.640. The minimum Gasteiger partial charge on any atom is -0.340 e. The third-order valence-electron chi connectivity index (χ3n) is 7.64. The van der Waals surface area contributed by atoms with Gasteiger partial charge in [0.05, 0.1) is 22.6 Å². The highest BCUT2D eigenvalue weighted by molar-refractivity contribution is 6.42. The smallest absolute Gasteiger partial charge is 0.242 e. The summed E-state index contributed by atoms with van der Waals surface area (Å²) in [7, 11) is 1.73. The van der Waals surface area contributed by atoms with Crippen LogP contribution < -0.4 is 5.32 Å². The first-order chi connectivity index (χ1) is 16.8. The lowest BCUT2D eigenvalue weighted by molar-refractivity contribution is -0.148. The Labute approximate surface area is 217 Å². The summed E-state index contributed by atoms with van der Waals surface area (Å²) in [4.78, 5) is 45.9. The molecule has 1 aromatic carbocycles. The highest BCUT2D eigenvalue weighted by Crippen LogP contribution is 2.32. The van der Waals surface area contributed by atoms with Crippen molar-refractivity contribution >= 4 is 40.9 Å². The summed E-state index contributed by atoms with van der Waals surface area (Å²) < 4.78 is 0. The largest absolute Gasteiger partial charge is 0.340 e. The van der Waals surface area contributed by atoms with Crippen molar-refractivity contribution in [2.45, 2.75) is 51.2 Å². The molecule has 0 aromatic heterocycles. The quantitative estimate of drug-likeness (QED) is 0.619. The third kappa shape index (κ3) is 6.10. The average Bonchev–Trinajstić information content (AvgIpc) is 2.87. The lowest BCUT2D eigenvalue weighted by atomic mass is 9.79. The molecule has 1 saturated carbocycles. The van der Waals surface area contributed by atoms with Gasteiger partial charge in [0, 0.05) is 58.3 Å². The zero-order valence-corrected chi connectivity index (χ0v) is 22.0. The second kappa shape index (κ2) is 11.5. The summed E-state index contributed by atoms with van der Waals surface area (Å²) in [5, 5.41) is 4.43. The first-order valence-electron chi connectivity index (χ1n) is 12.5. The molecule has 0 spiro atoms. The SMILES string of the molecule is CCC(=O)N1CCN(C2CCC3NCN(CC(=O)N(C)Cc4ccc(Cl)c(Cl)c4)C(=O)C3C2)CC1. The van der Waals surface area contributed by atoms with E-state index in [4.69, 9.17) is 23.2 Å². The molecular weight excluding hydrogens is 489 g/mol. The van der Waals surface area contributed by atoms with Gasteiger partial charge in [-0.15, -0.1) is 0 Å². The lowest BCUT2D eigenvalue weighted by Crippen LogP contribution is -2.62. The van der Waals surface area contributed by atoms with Crippen LogP contribution in [0, 0.1) is 5.92 Å². The van der Waals surface area contributed by atoms with Gasteiger partial charge in [-0.3, -0.25) is 24.6 Å². The molecule has 192 valence electrons. The summed E-state index contributed by atoms with van der Waals surface area (Å²) in [5.41, 5.74) is 0.884. The molecule has 3 aliphatic rings. The number of fused-ring (bicyclic) bond motifs is 1. The predicted molar refractivity (Wildman–Crippen MR) is 136 cm³/mol. The van der Waals surface area contributed by atoms with Crippen LogP contribution in [0.3, 0.4) is 0 Å². The number of likely N-dealkylation sites (N-methyl/N-ethyl adjacent to an activating group) is 1. The van der Waals surface area contributed by atoms with E-state index in [2.05, 4.69) is 10.2 Å². The van der Waals surface area contributed by atoms with Crippen LogP contribution in [-0.2, 0) is 20.9 Å². The molecule has 0 bridgehead atoms. The molecule has 1 aliphatic carbocycles. The summed E-state index contributed by atoms with van der Waals surface area (Å²) in [5.74, 6) is 0.0405.